The Bertz CT molecular complexity index is 1260. The third kappa shape index (κ3) is 2.82. The van der Waals surface area contributed by atoms with Crippen LogP contribution in [0.25, 0.3) is 0 Å². The highest BCUT2D eigenvalue weighted by Gasteiger charge is 2.82. The van der Waals surface area contributed by atoms with Gasteiger partial charge in [-0.2, -0.15) is 0 Å². The van der Waals surface area contributed by atoms with Gasteiger partial charge in [0.15, 0.2) is 0 Å². The summed E-state index contributed by atoms with van der Waals surface area (Å²) in [6, 6.07) is 0. The van der Waals surface area contributed by atoms with Crippen molar-refractivity contribution in [2.24, 2.45) is 11.3 Å². The molecule has 10 heteroatoms. The molecule has 3 fully saturated rings. The molecule has 1 aliphatic carbocycles. The van der Waals surface area contributed by atoms with Crippen LogP contribution in [0.2, 0.25) is 0 Å². The Morgan fingerprint density at radius 1 is 1.11 bits per heavy atom. The van der Waals surface area contributed by atoms with Crippen LogP contribution in [0, 0.1) is 18.3 Å². The van der Waals surface area contributed by atoms with Crippen LogP contribution >= 0.6 is 0 Å². The molecule has 1 aromatic carbocycles. The number of ether oxygens (including phenoxy) is 7. The molecule has 7 unspecified atom stereocenters. The van der Waals surface area contributed by atoms with Gasteiger partial charge in [-0.1, -0.05) is 6.92 Å². The number of aliphatic hydroxyl groups excluding tert-OH is 1. The first-order valence-electron chi connectivity index (χ1n) is 13.1. The smallest absolute Gasteiger partial charge is 0.342 e. The lowest BCUT2D eigenvalue weighted by Gasteiger charge is -2.67. The van der Waals surface area contributed by atoms with Crippen molar-refractivity contribution in [2.75, 3.05) is 14.2 Å². The van der Waals surface area contributed by atoms with Gasteiger partial charge in [-0.25, -0.2) is 4.79 Å². The summed E-state index contributed by atoms with van der Waals surface area (Å²) < 4.78 is 43.0. The number of methoxy groups -OCH3 is 2. The van der Waals surface area contributed by atoms with Crippen LogP contribution in [0.1, 0.15) is 87.0 Å². The predicted molar refractivity (Wildman–Crippen MR) is 131 cm³/mol. The summed E-state index contributed by atoms with van der Waals surface area (Å²) in [7, 11) is 3.01. The van der Waals surface area contributed by atoms with E-state index in [-0.39, 0.29) is 18.8 Å². The van der Waals surface area contributed by atoms with E-state index in [2.05, 4.69) is 0 Å². The molecule has 6 rings (SSSR count). The van der Waals surface area contributed by atoms with E-state index in [9.17, 15) is 14.7 Å². The Morgan fingerprint density at radius 2 is 1.82 bits per heavy atom. The van der Waals surface area contributed by atoms with Crippen molar-refractivity contribution in [1.82, 2.24) is 0 Å². The fraction of sp³-hybridized carbons (Fsp3) is 0.714. The normalized spacial score (nSPS) is 41.7. The number of aliphatic hydroxyl groups is 1. The molecule has 1 aromatic rings. The quantitative estimate of drug-likeness (QED) is 0.580. The van der Waals surface area contributed by atoms with Gasteiger partial charge in [0.1, 0.15) is 46.6 Å². The molecule has 208 valence electrons. The lowest BCUT2D eigenvalue weighted by molar-refractivity contribution is -0.396. The average molecular weight is 533 g/mol. The van der Waals surface area contributed by atoms with Gasteiger partial charge in [-0.15, -0.1) is 0 Å². The van der Waals surface area contributed by atoms with E-state index in [0.717, 1.165) is 5.56 Å². The van der Waals surface area contributed by atoms with E-state index < -0.39 is 58.3 Å². The van der Waals surface area contributed by atoms with Crippen LogP contribution in [0.5, 0.6) is 11.5 Å². The number of hydrogen-bond acceptors (Lipinski definition) is 10. The Balaban J connectivity index is 1.64. The molecule has 1 saturated carbocycles. The first-order chi connectivity index (χ1) is 17.7. The maximum Gasteiger partial charge on any atom is 0.342 e. The predicted octanol–water partition coefficient (Wildman–Crippen LogP) is 3.47. The molecule has 1 N–H and O–H groups in total. The lowest BCUT2D eigenvalue weighted by atomic mass is 9.45. The maximum absolute atomic E-state index is 12.8. The summed E-state index contributed by atoms with van der Waals surface area (Å²) in [4.78, 5) is 25.5. The number of esters is 2. The Hall–Kier alpha value is -2.40. The van der Waals surface area contributed by atoms with Gasteiger partial charge in [-0.05, 0) is 39.7 Å². The number of rotatable bonds is 3. The van der Waals surface area contributed by atoms with Crippen molar-refractivity contribution in [1.29, 1.82) is 0 Å². The summed E-state index contributed by atoms with van der Waals surface area (Å²) >= 11 is 0. The lowest BCUT2D eigenvalue weighted by Crippen LogP contribution is -2.77. The first-order valence-corrected chi connectivity index (χ1v) is 13.1. The van der Waals surface area contributed by atoms with E-state index in [1.54, 1.807) is 0 Å². The Labute approximate surface area is 221 Å². The van der Waals surface area contributed by atoms with Crippen LogP contribution in [-0.4, -0.2) is 60.1 Å². The number of carbonyl (C=O) groups excluding carboxylic acids is 2. The molecule has 1 spiro atoms. The Morgan fingerprint density at radius 3 is 2.45 bits per heavy atom. The van der Waals surface area contributed by atoms with Crippen molar-refractivity contribution in [2.45, 2.75) is 102 Å². The SMILES string of the molecule is COc1c2c(c(C)c3c1C(OC(C)=O)C1C(C)(CC(O)C45OC(OC)(CCC14C)OC5(C)C)O3)COC2=O. The van der Waals surface area contributed by atoms with Crippen molar-refractivity contribution in [3.63, 3.8) is 0 Å². The standard InChI is InChI=1S/C28H36O10/c1-13-15-12-34-23(31)17(15)20(32-7)18-19(13)36-26(6)11-16(30)28-24(3,4)37-27(33-8,38-28)10-9-25(28,5)22(26)21(18)35-14(2)29/h16,21-22,30H,9-12H2,1-8H3. The highest BCUT2D eigenvalue weighted by Crippen LogP contribution is 2.73. The zero-order valence-electron chi connectivity index (χ0n) is 23.2. The third-order valence-electron chi connectivity index (χ3n) is 9.93. The molecule has 4 aliphatic heterocycles. The first kappa shape index (κ1) is 25.9. The molecule has 5 aliphatic rings. The fourth-order valence-electron chi connectivity index (χ4n) is 8.68. The Kier molecular flexibility index (Phi) is 5.18. The molecule has 0 radical (unpaired) electrons. The number of cyclic esters (lactones) is 1. The molecule has 4 heterocycles. The van der Waals surface area contributed by atoms with Gasteiger partial charge in [0.2, 0.25) is 0 Å². The summed E-state index contributed by atoms with van der Waals surface area (Å²) in [5.74, 6) is -2.00. The van der Waals surface area contributed by atoms with Crippen LogP contribution in [0.3, 0.4) is 0 Å². The number of hydrogen-bond donors (Lipinski definition) is 1. The fourth-order valence-corrected chi connectivity index (χ4v) is 8.68. The van der Waals surface area contributed by atoms with Crippen molar-refractivity contribution in [3.8, 4) is 11.5 Å². The van der Waals surface area contributed by atoms with Gasteiger partial charge < -0.3 is 38.3 Å². The van der Waals surface area contributed by atoms with E-state index in [4.69, 9.17) is 33.2 Å². The van der Waals surface area contributed by atoms with Crippen molar-refractivity contribution in [3.05, 3.63) is 22.3 Å². The zero-order chi connectivity index (χ0) is 27.6. The second-order valence-corrected chi connectivity index (χ2v) is 12.2. The van der Waals surface area contributed by atoms with Gasteiger partial charge in [-0.3, -0.25) is 4.79 Å². The molecule has 7 atom stereocenters. The molecular weight excluding hydrogens is 496 g/mol. The monoisotopic (exact) mass is 532 g/mol. The number of benzene rings is 1. The summed E-state index contributed by atoms with van der Waals surface area (Å²) in [5.41, 5.74) is -1.73. The van der Waals surface area contributed by atoms with E-state index >= 15 is 0 Å². The minimum absolute atomic E-state index is 0.104. The average Bonchev–Trinajstić information content (AvgIpc) is 3.31. The second-order valence-electron chi connectivity index (χ2n) is 12.2. The van der Waals surface area contributed by atoms with Crippen LogP contribution < -0.4 is 9.47 Å². The summed E-state index contributed by atoms with van der Waals surface area (Å²) in [5, 5.41) is 11.9. The van der Waals surface area contributed by atoms with E-state index in [0.29, 0.717) is 35.3 Å². The molecule has 2 saturated heterocycles. The zero-order valence-corrected chi connectivity index (χ0v) is 23.2. The van der Waals surface area contributed by atoms with Crippen LogP contribution in [-0.2, 0) is 35.1 Å². The van der Waals surface area contributed by atoms with E-state index in [1.807, 2.05) is 34.6 Å². The summed E-state index contributed by atoms with van der Waals surface area (Å²) in [6.45, 7) is 11.1. The van der Waals surface area contributed by atoms with E-state index in [1.165, 1.54) is 21.1 Å². The van der Waals surface area contributed by atoms with Gasteiger partial charge >= 0.3 is 11.9 Å². The van der Waals surface area contributed by atoms with Gasteiger partial charge in [0, 0.05) is 43.8 Å². The summed E-state index contributed by atoms with van der Waals surface area (Å²) in [6.07, 6.45) is -0.728. The molecule has 0 aromatic heterocycles. The molecule has 0 amide bonds. The second kappa shape index (κ2) is 7.62. The largest absolute Gasteiger partial charge is 0.495 e. The van der Waals surface area contributed by atoms with Crippen LogP contribution in [0.4, 0.5) is 0 Å². The molecule has 10 nitrogen and oxygen atoms in total. The number of fused-ring (bicyclic) bond motifs is 5. The minimum Gasteiger partial charge on any atom is -0.495 e. The minimum atomic E-state index is -1.29. The highest BCUT2D eigenvalue weighted by molar-refractivity contribution is 5.98. The molecular formula is C28H36O10. The molecule has 38 heavy (non-hydrogen) atoms. The van der Waals surface area contributed by atoms with Gasteiger partial charge in [0.25, 0.3) is 5.97 Å². The molecule has 2 bridgehead atoms. The maximum atomic E-state index is 12.8. The van der Waals surface area contributed by atoms with Gasteiger partial charge in [0.05, 0.1) is 18.8 Å². The third-order valence-corrected chi connectivity index (χ3v) is 9.93. The van der Waals surface area contributed by atoms with Crippen molar-refractivity contribution >= 4 is 11.9 Å². The highest BCUT2D eigenvalue weighted by atomic mass is 16.9. The van der Waals surface area contributed by atoms with Crippen molar-refractivity contribution < 1.29 is 47.9 Å². The number of carbonyl (C=O) groups is 2. The topological polar surface area (TPSA) is 119 Å². The van der Waals surface area contributed by atoms with Crippen LogP contribution in [0.15, 0.2) is 0 Å².